The first kappa shape index (κ1) is 22.6. The van der Waals surface area contributed by atoms with E-state index in [1.807, 2.05) is 55.5 Å². The molecule has 3 rings (SSSR count). The number of amidine groups is 1. The summed E-state index contributed by atoms with van der Waals surface area (Å²) in [7, 11) is 1.31. The summed E-state index contributed by atoms with van der Waals surface area (Å²) >= 11 is 1.34. The van der Waals surface area contributed by atoms with E-state index in [1.54, 1.807) is 17.0 Å². The Labute approximate surface area is 185 Å². The summed E-state index contributed by atoms with van der Waals surface area (Å²) in [6.07, 6.45) is 1.82. The second-order valence-electron chi connectivity index (χ2n) is 6.43. The van der Waals surface area contributed by atoms with Crippen LogP contribution in [-0.2, 0) is 19.1 Å². The number of hydrogen-bond acceptors (Lipinski definition) is 7. The average molecular weight is 441 g/mol. The van der Waals surface area contributed by atoms with E-state index < -0.39 is 5.97 Å². The van der Waals surface area contributed by atoms with Crippen LogP contribution in [-0.4, -0.2) is 55.4 Å². The Morgan fingerprint density at radius 2 is 1.87 bits per heavy atom. The zero-order valence-corrected chi connectivity index (χ0v) is 18.3. The first-order valence-electron chi connectivity index (χ1n) is 9.83. The molecule has 0 bridgehead atoms. The van der Waals surface area contributed by atoms with Gasteiger partial charge in [-0.2, -0.15) is 0 Å². The van der Waals surface area contributed by atoms with Gasteiger partial charge >= 0.3 is 5.97 Å². The first-order chi connectivity index (χ1) is 15.1. The number of aliphatic imine (C=N–C) groups is 1. The highest BCUT2D eigenvalue weighted by atomic mass is 32.2. The quantitative estimate of drug-likeness (QED) is 0.335. The van der Waals surface area contributed by atoms with Crippen LogP contribution in [0.2, 0.25) is 0 Å². The molecule has 0 unspecified atom stereocenters. The summed E-state index contributed by atoms with van der Waals surface area (Å²) in [5.74, 6) is -0.00968. The molecule has 162 valence electrons. The van der Waals surface area contributed by atoms with E-state index in [0.29, 0.717) is 35.6 Å². The molecule has 1 saturated heterocycles. The highest BCUT2D eigenvalue weighted by Crippen LogP contribution is 2.34. The van der Waals surface area contributed by atoms with Crippen LogP contribution in [0.1, 0.15) is 12.5 Å². The maximum atomic E-state index is 13.0. The monoisotopic (exact) mass is 440 g/mol. The SMILES string of the molecule is CCOCCN1C(=O)/C(=C\c2ccc(OCC(=O)OC)cc2)SC1=Nc1ccccc1. The summed E-state index contributed by atoms with van der Waals surface area (Å²) in [6, 6.07) is 16.7. The van der Waals surface area contributed by atoms with Crippen molar-refractivity contribution < 1.29 is 23.8 Å². The number of hydrogen-bond donors (Lipinski definition) is 0. The second kappa shape index (κ2) is 11.3. The Kier molecular flexibility index (Phi) is 8.26. The molecule has 0 aromatic heterocycles. The van der Waals surface area contributed by atoms with Gasteiger partial charge in [-0.15, -0.1) is 0 Å². The minimum atomic E-state index is -0.448. The molecule has 0 saturated carbocycles. The average Bonchev–Trinajstić information content (AvgIpc) is 3.08. The lowest BCUT2D eigenvalue weighted by molar-refractivity contribution is -0.142. The van der Waals surface area contributed by atoms with E-state index in [-0.39, 0.29) is 12.5 Å². The van der Waals surface area contributed by atoms with Crippen molar-refractivity contribution in [3.63, 3.8) is 0 Å². The van der Waals surface area contributed by atoms with Gasteiger partial charge in [0.1, 0.15) is 5.75 Å². The lowest BCUT2D eigenvalue weighted by atomic mass is 10.2. The van der Waals surface area contributed by atoms with Crippen LogP contribution < -0.4 is 4.74 Å². The molecule has 0 N–H and O–H groups in total. The van der Waals surface area contributed by atoms with E-state index >= 15 is 0 Å². The molecule has 31 heavy (non-hydrogen) atoms. The molecule has 2 aromatic carbocycles. The lowest BCUT2D eigenvalue weighted by Gasteiger charge is -2.15. The van der Waals surface area contributed by atoms with Crippen molar-refractivity contribution in [3.8, 4) is 5.75 Å². The third kappa shape index (κ3) is 6.44. The number of carbonyl (C=O) groups excluding carboxylic acids is 2. The summed E-state index contributed by atoms with van der Waals surface area (Å²) < 4.78 is 15.3. The molecular weight excluding hydrogens is 416 g/mol. The van der Waals surface area contributed by atoms with E-state index in [2.05, 4.69) is 9.73 Å². The summed E-state index contributed by atoms with van der Waals surface area (Å²) in [6.45, 7) is 3.23. The Morgan fingerprint density at radius 3 is 2.55 bits per heavy atom. The fourth-order valence-electron chi connectivity index (χ4n) is 2.71. The Balaban J connectivity index is 1.77. The van der Waals surface area contributed by atoms with Gasteiger partial charge in [0.05, 0.1) is 30.9 Å². The summed E-state index contributed by atoms with van der Waals surface area (Å²) in [4.78, 5) is 31.1. The molecule has 1 heterocycles. The van der Waals surface area contributed by atoms with Gasteiger partial charge in [-0.05, 0) is 54.6 Å². The number of methoxy groups -OCH3 is 1. The van der Waals surface area contributed by atoms with Crippen LogP contribution in [0.3, 0.4) is 0 Å². The third-order valence-corrected chi connectivity index (χ3v) is 5.30. The topological polar surface area (TPSA) is 77.4 Å². The van der Waals surface area contributed by atoms with Gasteiger partial charge < -0.3 is 14.2 Å². The van der Waals surface area contributed by atoms with Crippen LogP contribution in [0.5, 0.6) is 5.75 Å². The molecule has 7 nitrogen and oxygen atoms in total. The predicted octanol–water partition coefficient (Wildman–Crippen LogP) is 3.88. The first-order valence-corrected chi connectivity index (χ1v) is 10.6. The molecule has 2 aromatic rings. The van der Waals surface area contributed by atoms with Gasteiger partial charge in [-0.1, -0.05) is 30.3 Å². The minimum Gasteiger partial charge on any atom is -0.482 e. The number of para-hydroxylation sites is 1. The lowest BCUT2D eigenvalue weighted by Crippen LogP contribution is -2.32. The number of esters is 1. The van der Waals surface area contributed by atoms with Gasteiger partial charge in [0.15, 0.2) is 11.8 Å². The zero-order chi connectivity index (χ0) is 22.1. The maximum Gasteiger partial charge on any atom is 0.343 e. The molecule has 0 spiro atoms. The summed E-state index contributed by atoms with van der Waals surface area (Å²) in [5, 5.41) is 0.625. The van der Waals surface area contributed by atoms with E-state index in [4.69, 9.17) is 9.47 Å². The molecule has 0 radical (unpaired) electrons. The second-order valence-corrected chi connectivity index (χ2v) is 7.44. The van der Waals surface area contributed by atoms with E-state index in [9.17, 15) is 9.59 Å². The molecule has 1 aliphatic heterocycles. The van der Waals surface area contributed by atoms with Crippen molar-refractivity contribution >= 4 is 40.6 Å². The minimum absolute atomic E-state index is 0.106. The number of nitrogens with zero attached hydrogens (tertiary/aromatic N) is 2. The van der Waals surface area contributed by atoms with Gasteiger partial charge in [0.25, 0.3) is 5.91 Å². The molecule has 1 amide bonds. The van der Waals surface area contributed by atoms with Crippen LogP contribution in [0.15, 0.2) is 64.5 Å². The molecule has 1 fully saturated rings. The fraction of sp³-hybridized carbons (Fsp3) is 0.261. The van der Waals surface area contributed by atoms with Gasteiger partial charge in [0.2, 0.25) is 0 Å². The number of benzene rings is 2. The fourth-order valence-corrected chi connectivity index (χ4v) is 3.74. The van der Waals surface area contributed by atoms with Gasteiger partial charge in [-0.25, -0.2) is 9.79 Å². The van der Waals surface area contributed by atoms with Gasteiger partial charge in [0, 0.05) is 6.61 Å². The van der Waals surface area contributed by atoms with Crippen molar-refractivity contribution in [1.82, 2.24) is 4.90 Å². The Morgan fingerprint density at radius 1 is 1.13 bits per heavy atom. The largest absolute Gasteiger partial charge is 0.482 e. The number of thioether (sulfide) groups is 1. The zero-order valence-electron chi connectivity index (χ0n) is 17.4. The number of carbonyl (C=O) groups is 2. The normalized spacial score (nSPS) is 16.2. The third-order valence-electron chi connectivity index (χ3n) is 4.29. The molecular formula is C23H24N2O5S. The number of ether oxygens (including phenoxy) is 3. The standard InChI is InChI=1S/C23H24N2O5S/c1-3-29-14-13-25-22(27)20(31-23(25)24-18-7-5-4-6-8-18)15-17-9-11-19(12-10-17)30-16-21(26)28-2/h4-12,15H,3,13-14,16H2,1-2H3/b20-15+,24-23?. The summed E-state index contributed by atoms with van der Waals surface area (Å²) in [5.41, 5.74) is 1.62. The van der Waals surface area contributed by atoms with Crippen molar-refractivity contribution in [2.24, 2.45) is 4.99 Å². The van der Waals surface area contributed by atoms with E-state index in [1.165, 1.54) is 18.9 Å². The van der Waals surface area contributed by atoms with Crippen LogP contribution >= 0.6 is 11.8 Å². The predicted molar refractivity (Wildman–Crippen MR) is 121 cm³/mol. The number of rotatable bonds is 9. The number of amides is 1. The van der Waals surface area contributed by atoms with Crippen LogP contribution in [0, 0.1) is 0 Å². The molecule has 0 aliphatic carbocycles. The Hall–Kier alpha value is -3.10. The van der Waals surface area contributed by atoms with Gasteiger partial charge in [-0.3, -0.25) is 9.69 Å². The molecule has 1 aliphatic rings. The molecule has 8 heteroatoms. The van der Waals surface area contributed by atoms with E-state index in [0.717, 1.165) is 11.3 Å². The maximum absolute atomic E-state index is 13.0. The highest BCUT2D eigenvalue weighted by Gasteiger charge is 2.33. The Bertz CT molecular complexity index is 958. The molecule has 0 atom stereocenters. The van der Waals surface area contributed by atoms with Crippen molar-refractivity contribution in [1.29, 1.82) is 0 Å². The smallest absolute Gasteiger partial charge is 0.343 e. The van der Waals surface area contributed by atoms with Crippen molar-refractivity contribution in [2.75, 3.05) is 33.5 Å². The van der Waals surface area contributed by atoms with Crippen LogP contribution in [0.4, 0.5) is 5.69 Å². The highest BCUT2D eigenvalue weighted by molar-refractivity contribution is 8.18. The van der Waals surface area contributed by atoms with Crippen molar-refractivity contribution in [2.45, 2.75) is 6.92 Å². The van der Waals surface area contributed by atoms with Crippen molar-refractivity contribution in [3.05, 3.63) is 65.1 Å². The van der Waals surface area contributed by atoms with Crippen LogP contribution in [0.25, 0.3) is 6.08 Å².